The summed E-state index contributed by atoms with van der Waals surface area (Å²) in [6.07, 6.45) is 57.8. The van der Waals surface area contributed by atoms with Crippen molar-refractivity contribution < 1.29 is 58.2 Å². The highest BCUT2D eigenvalue weighted by molar-refractivity contribution is 5.74. The Morgan fingerprint density at radius 3 is 1.36 bits per heavy atom. The van der Waals surface area contributed by atoms with Crippen LogP contribution in [0, 0.1) is 0 Å². The molecular formula is C65H104O12. The van der Waals surface area contributed by atoms with Crippen LogP contribution >= 0.6 is 0 Å². The SMILES string of the molecule is CC/C=C\C/C=C\C/C=C\C/C=C\C/C=C\C/C=C\CCC(=O)OCC(COC1OC(C(=O)O)C(O)C(O)C1OC(=O)CCCCCCC/C=C\CCCCCCCC)OC(=O)CCCCCCC/C=C\C/C=C\CCC. The highest BCUT2D eigenvalue weighted by Gasteiger charge is 2.50. The molecule has 0 saturated carbocycles. The van der Waals surface area contributed by atoms with E-state index in [1.54, 1.807) is 0 Å². The first-order valence-electron chi connectivity index (χ1n) is 29.9. The number of unbranched alkanes of at least 4 members (excludes halogenated alkanes) is 17. The van der Waals surface area contributed by atoms with E-state index in [1.807, 2.05) is 12.2 Å². The fraction of sp³-hybridized carbons (Fsp3) is 0.662. The second-order valence-corrected chi connectivity index (χ2v) is 19.9. The number of rotatable bonds is 49. The Balaban J connectivity index is 2.75. The summed E-state index contributed by atoms with van der Waals surface area (Å²) in [7, 11) is 0. The number of ether oxygens (including phenoxy) is 5. The minimum atomic E-state index is -1.92. The minimum Gasteiger partial charge on any atom is -0.479 e. The molecule has 77 heavy (non-hydrogen) atoms. The molecule has 1 rings (SSSR count). The zero-order chi connectivity index (χ0) is 56.1. The van der Waals surface area contributed by atoms with Gasteiger partial charge in [-0.15, -0.1) is 0 Å². The predicted octanol–water partition coefficient (Wildman–Crippen LogP) is 15.4. The molecule has 1 heterocycles. The summed E-state index contributed by atoms with van der Waals surface area (Å²) >= 11 is 0. The van der Waals surface area contributed by atoms with Crippen molar-refractivity contribution in [2.45, 2.75) is 263 Å². The molecule has 436 valence electrons. The van der Waals surface area contributed by atoms with Crippen molar-refractivity contribution in [2.75, 3.05) is 13.2 Å². The number of carbonyl (C=O) groups is 4. The van der Waals surface area contributed by atoms with Crippen LogP contribution in [-0.4, -0.2) is 89.2 Å². The van der Waals surface area contributed by atoms with Gasteiger partial charge in [0.05, 0.1) is 6.61 Å². The second-order valence-electron chi connectivity index (χ2n) is 19.9. The van der Waals surface area contributed by atoms with Gasteiger partial charge in [0, 0.05) is 19.3 Å². The number of carboxylic acids is 1. The minimum absolute atomic E-state index is 0.0371. The molecule has 0 amide bonds. The zero-order valence-corrected chi connectivity index (χ0v) is 47.9. The molecule has 1 aliphatic rings. The smallest absolute Gasteiger partial charge is 0.335 e. The third-order valence-corrected chi connectivity index (χ3v) is 12.8. The molecule has 12 nitrogen and oxygen atoms in total. The molecule has 6 atom stereocenters. The van der Waals surface area contributed by atoms with Crippen LogP contribution in [0.3, 0.4) is 0 Å². The van der Waals surface area contributed by atoms with Gasteiger partial charge in [-0.05, 0) is 109 Å². The van der Waals surface area contributed by atoms with E-state index in [4.69, 9.17) is 23.7 Å². The topological polar surface area (TPSA) is 175 Å². The Kier molecular flexibility index (Phi) is 47.6. The number of esters is 3. The van der Waals surface area contributed by atoms with Crippen LogP contribution in [0.1, 0.15) is 226 Å². The van der Waals surface area contributed by atoms with Gasteiger partial charge in [-0.3, -0.25) is 14.4 Å². The lowest BCUT2D eigenvalue weighted by molar-refractivity contribution is -0.301. The molecular weight excluding hydrogens is 973 g/mol. The lowest BCUT2D eigenvalue weighted by Crippen LogP contribution is -2.61. The fourth-order valence-electron chi connectivity index (χ4n) is 8.25. The second kappa shape index (κ2) is 52.1. The van der Waals surface area contributed by atoms with Gasteiger partial charge in [0.15, 0.2) is 24.6 Å². The molecule has 0 radical (unpaired) electrons. The van der Waals surface area contributed by atoms with E-state index in [-0.39, 0.29) is 25.9 Å². The van der Waals surface area contributed by atoms with Gasteiger partial charge in [-0.25, -0.2) is 4.79 Å². The molecule has 1 fully saturated rings. The zero-order valence-electron chi connectivity index (χ0n) is 47.9. The average Bonchev–Trinajstić information content (AvgIpc) is 3.42. The van der Waals surface area contributed by atoms with E-state index in [0.29, 0.717) is 19.3 Å². The van der Waals surface area contributed by atoms with Crippen molar-refractivity contribution in [3.8, 4) is 0 Å². The van der Waals surface area contributed by atoms with Crippen LogP contribution in [0.15, 0.2) is 109 Å². The molecule has 0 aromatic heterocycles. The molecule has 0 aromatic rings. The van der Waals surface area contributed by atoms with Crippen molar-refractivity contribution in [1.82, 2.24) is 0 Å². The van der Waals surface area contributed by atoms with E-state index in [2.05, 4.69) is 118 Å². The van der Waals surface area contributed by atoms with Crippen molar-refractivity contribution in [3.63, 3.8) is 0 Å². The van der Waals surface area contributed by atoms with Gasteiger partial charge < -0.3 is 39.0 Å². The third-order valence-electron chi connectivity index (χ3n) is 12.8. The molecule has 0 spiro atoms. The Morgan fingerprint density at radius 2 is 0.870 bits per heavy atom. The fourth-order valence-corrected chi connectivity index (χ4v) is 8.25. The number of hydrogen-bond acceptors (Lipinski definition) is 11. The molecule has 1 aliphatic heterocycles. The Hall–Kier alpha value is -4.62. The van der Waals surface area contributed by atoms with Gasteiger partial charge in [-0.2, -0.15) is 0 Å². The van der Waals surface area contributed by atoms with E-state index in [1.165, 1.54) is 38.5 Å². The predicted molar refractivity (Wildman–Crippen MR) is 312 cm³/mol. The van der Waals surface area contributed by atoms with Crippen molar-refractivity contribution in [1.29, 1.82) is 0 Å². The van der Waals surface area contributed by atoms with Crippen LogP contribution in [0.2, 0.25) is 0 Å². The average molecular weight is 1080 g/mol. The first kappa shape index (κ1) is 70.4. The maximum Gasteiger partial charge on any atom is 0.335 e. The van der Waals surface area contributed by atoms with Crippen LogP contribution in [0.25, 0.3) is 0 Å². The molecule has 0 aromatic carbocycles. The van der Waals surface area contributed by atoms with E-state index in [0.717, 1.165) is 128 Å². The highest BCUT2D eigenvalue weighted by Crippen LogP contribution is 2.26. The lowest BCUT2D eigenvalue weighted by Gasteiger charge is -2.40. The van der Waals surface area contributed by atoms with Crippen LogP contribution in [0.4, 0.5) is 0 Å². The molecule has 1 saturated heterocycles. The van der Waals surface area contributed by atoms with Crippen LogP contribution < -0.4 is 0 Å². The van der Waals surface area contributed by atoms with Crippen LogP contribution in [-0.2, 0) is 42.9 Å². The Bertz CT molecular complexity index is 1750. The normalized spacial score (nSPS) is 18.8. The quantitative estimate of drug-likeness (QED) is 0.0228. The van der Waals surface area contributed by atoms with Gasteiger partial charge in [0.25, 0.3) is 0 Å². The summed E-state index contributed by atoms with van der Waals surface area (Å²) in [5, 5.41) is 31.5. The van der Waals surface area contributed by atoms with Crippen LogP contribution in [0.5, 0.6) is 0 Å². The number of aliphatic carboxylic acids is 1. The van der Waals surface area contributed by atoms with Crippen molar-refractivity contribution >= 4 is 23.9 Å². The summed E-state index contributed by atoms with van der Waals surface area (Å²) in [4.78, 5) is 51.1. The number of carbonyl (C=O) groups excluding carboxylic acids is 3. The first-order valence-corrected chi connectivity index (χ1v) is 29.9. The van der Waals surface area contributed by atoms with E-state index in [9.17, 15) is 34.5 Å². The molecule has 0 bridgehead atoms. The highest BCUT2D eigenvalue weighted by atomic mass is 16.7. The van der Waals surface area contributed by atoms with Gasteiger partial charge >= 0.3 is 23.9 Å². The van der Waals surface area contributed by atoms with E-state index >= 15 is 0 Å². The molecule has 6 unspecified atom stereocenters. The number of hydrogen-bond donors (Lipinski definition) is 3. The van der Waals surface area contributed by atoms with Gasteiger partial charge in [-0.1, -0.05) is 207 Å². The standard InChI is InChI=1S/C65H104O12/c1-4-7-10-13-16-19-22-25-27-28-29-30-32-34-36-39-42-45-48-51-57(66)73-54-56(75-58(67)52-49-46-43-40-37-33-24-21-18-15-12-9-6-3)55-74-65-63(61(70)60(69)62(77-65)64(71)72)76-59(68)53-50-47-44-41-38-35-31-26-23-20-17-14-11-8-5-2/h7,10,12,15-16,19,21,24-27,29-31,34,36,42,45,56,60-63,65,69-70H,4-6,8-9,11,13-14,17-18,20,22-23,28,32-33,35,37-41,43-44,46-55H2,1-3H3,(H,71,72)/b10-7-,15-12-,19-16-,24-21-,27-25-,30-29-,31-26-,36-34-,45-42-. The summed E-state index contributed by atoms with van der Waals surface area (Å²) < 4.78 is 28.3. The first-order chi connectivity index (χ1) is 37.6. The maximum absolute atomic E-state index is 13.1. The van der Waals surface area contributed by atoms with Crippen molar-refractivity contribution in [3.05, 3.63) is 109 Å². The Labute approximate surface area is 465 Å². The molecule has 3 N–H and O–H groups in total. The summed E-state index contributed by atoms with van der Waals surface area (Å²) in [5.74, 6) is -3.27. The largest absolute Gasteiger partial charge is 0.479 e. The summed E-state index contributed by atoms with van der Waals surface area (Å²) in [6.45, 7) is 5.72. The number of aliphatic hydroxyl groups is 2. The molecule has 12 heteroatoms. The lowest BCUT2D eigenvalue weighted by atomic mass is 9.98. The van der Waals surface area contributed by atoms with Gasteiger partial charge in [0.2, 0.25) is 0 Å². The number of aliphatic hydroxyl groups excluding tert-OH is 2. The van der Waals surface area contributed by atoms with E-state index < -0.39 is 67.3 Å². The number of allylic oxidation sites excluding steroid dienone is 18. The van der Waals surface area contributed by atoms with Crippen molar-refractivity contribution in [2.24, 2.45) is 0 Å². The third kappa shape index (κ3) is 42.1. The monoisotopic (exact) mass is 1080 g/mol. The number of carboxylic acid groups (broad SMARTS) is 1. The Morgan fingerprint density at radius 1 is 0.442 bits per heavy atom. The molecule has 0 aliphatic carbocycles. The van der Waals surface area contributed by atoms with Gasteiger partial charge in [0.1, 0.15) is 18.8 Å². The maximum atomic E-state index is 13.1. The summed E-state index contributed by atoms with van der Waals surface area (Å²) in [6, 6.07) is 0. The summed E-state index contributed by atoms with van der Waals surface area (Å²) in [5.41, 5.74) is 0.